The van der Waals surface area contributed by atoms with Crippen LogP contribution in [0.3, 0.4) is 0 Å². The summed E-state index contributed by atoms with van der Waals surface area (Å²) < 4.78 is 1.60. The molecule has 3 rings (SSSR count). The predicted octanol–water partition coefficient (Wildman–Crippen LogP) is 3.85. The maximum absolute atomic E-state index is 5.92. The van der Waals surface area contributed by atoms with Gasteiger partial charge in [0.05, 0.1) is 6.20 Å². The van der Waals surface area contributed by atoms with Gasteiger partial charge in [-0.3, -0.25) is 0 Å². The number of thioether (sulfide) groups is 1. The van der Waals surface area contributed by atoms with Crippen molar-refractivity contribution in [1.82, 2.24) is 25.6 Å². The van der Waals surface area contributed by atoms with E-state index in [2.05, 4.69) is 31.7 Å². The van der Waals surface area contributed by atoms with Crippen molar-refractivity contribution in [3.8, 4) is 11.4 Å². The fourth-order valence-corrected chi connectivity index (χ4v) is 4.54. The molecular weight excluding hydrogens is 334 g/mol. The molecule has 2 aromatic heterocycles. The van der Waals surface area contributed by atoms with Crippen LogP contribution in [0.4, 0.5) is 0 Å². The standard InChI is InChI=1S/C11H8ClN5S3/c1-18-7-3-2-6(10-14-16-17-15-10)4-8(7)19-11-13-5-9(12)20-11/h2-5H,1H3,(H,14,15,16,17). The number of tetrazole rings is 1. The molecule has 5 nitrogen and oxygen atoms in total. The summed E-state index contributed by atoms with van der Waals surface area (Å²) in [5, 5.41) is 13.9. The molecule has 1 N–H and O–H groups in total. The Kier molecular flexibility index (Phi) is 4.25. The van der Waals surface area contributed by atoms with Gasteiger partial charge < -0.3 is 0 Å². The van der Waals surface area contributed by atoms with Crippen molar-refractivity contribution in [3.05, 3.63) is 28.7 Å². The van der Waals surface area contributed by atoms with Gasteiger partial charge in [-0.15, -0.1) is 16.9 Å². The van der Waals surface area contributed by atoms with Crippen molar-refractivity contribution in [2.45, 2.75) is 14.1 Å². The van der Waals surface area contributed by atoms with E-state index in [9.17, 15) is 0 Å². The highest BCUT2D eigenvalue weighted by molar-refractivity contribution is 8.03. The normalized spacial score (nSPS) is 10.9. The zero-order valence-electron chi connectivity index (χ0n) is 10.2. The topological polar surface area (TPSA) is 67.3 Å². The molecule has 0 saturated carbocycles. The maximum Gasteiger partial charge on any atom is 0.179 e. The van der Waals surface area contributed by atoms with Crippen molar-refractivity contribution >= 4 is 46.5 Å². The molecule has 102 valence electrons. The number of nitrogens with one attached hydrogen (secondary N) is 1. The first-order valence-electron chi connectivity index (χ1n) is 5.47. The summed E-state index contributed by atoms with van der Waals surface area (Å²) in [6, 6.07) is 6.10. The Morgan fingerprint density at radius 1 is 1.30 bits per heavy atom. The van der Waals surface area contributed by atoms with Crippen LogP contribution in [0, 0.1) is 0 Å². The quantitative estimate of drug-likeness (QED) is 0.727. The van der Waals surface area contributed by atoms with Gasteiger partial charge >= 0.3 is 0 Å². The van der Waals surface area contributed by atoms with Crippen molar-refractivity contribution in [2.24, 2.45) is 0 Å². The molecule has 0 fully saturated rings. The molecule has 1 aromatic carbocycles. The molecule has 20 heavy (non-hydrogen) atoms. The van der Waals surface area contributed by atoms with Gasteiger partial charge in [-0.25, -0.2) is 10.1 Å². The zero-order chi connectivity index (χ0) is 13.9. The number of thiazole rings is 1. The summed E-state index contributed by atoms with van der Waals surface area (Å²) in [4.78, 5) is 6.56. The van der Waals surface area contributed by atoms with Crippen LogP contribution in [0.1, 0.15) is 0 Å². The Morgan fingerprint density at radius 3 is 2.85 bits per heavy atom. The molecule has 0 aliphatic rings. The van der Waals surface area contributed by atoms with Gasteiger partial charge in [-0.1, -0.05) is 34.7 Å². The monoisotopic (exact) mass is 341 g/mol. The summed E-state index contributed by atoms with van der Waals surface area (Å²) in [5.41, 5.74) is 0.943. The Bertz CT molecular complexity index is 713. The summed E-state index contributed by atoms with van der Waals surface area (Å²) in [6.45, 7) is 0. The van der Waals surface area contributed by atoms with Crippen molar-refractivity contribution in [2.75, 3.05) is 6.26 Å². The van der Waals surface area contributed by atoms with Gasteiger partial charge in [0.2, 0.25) is 0 Å². The molecule has 0 saturated heterocycles. The second kappa shape index (κ2) is 6.13. The number of nitrogens with zero attached hydrogens (tertiary/aromatic N) is 4. The molecular formula is C11H8ClN5S3. The van der Waals surface area contributed by atoms with E-state index in [1.165, 1.54) is 16.2 Å². The Morgan fingerprint density at radius 2 is 2.20 bits per heavy atom. The summed E-state index contributed by atoms with van der Waals surface area (Å²) in [5.74, 6) is 0.650. The first kappa shape index (κ1) is 13.9. The lowest BCUT2D eigenvalue weighted by molar-refractivity contribution is 0.881. The van der Waals surface area contributed by atoms with Crippen molar-refractivity contribution in [3.63, 3.8) is 0 Å². The molecule has 9 heteroatoms. The van der Waals surface area contributed by atoms with Gasteiger partial charge in [0.15, 0.2) is 10.2 Å². The average molecular weight is 342 g/mol. The molecule has 0 atom stereocenters. The zero-order valence-corrected chi connectivity index (χ0v) is 13.4. The van der Waals surface area contributed by atoms with E-state index < -0.39 is 0 Å². The average Bonchev–Trinajstić information content (AvgIpc) is 3.10. The lowest BCUT2D eigenvalue weighted by atomic mass is 10.2. The van der Waals surface area contributed by atoms with Crippen LogP contribution in [-0.2, 0) is 0 Å². The minimum atomic E-state index is 0.650. The van der Waals surface area contributed by atoms with Gasteiger partial charge in [0.1, 0.15) is 4.34 Å². The molecule has 0 aliphatic carbocycles. The molecule has 0 spiro atoms. The third-order valence-electron chi connectivity index (χ3n) is 2.44. The fourth-order valence-electron chi connectivity index (χ4n) is 1.57. The minimum Gasteiger partial charge on any atom is -0.239 e. The number of aromatic amines is 1. The van der Waals surface area contributed by atoms with E-state index in [1.54, 1.807) is 29.7 Å². The largest absolute Gasteiger partial charge is 0.239 e. The van der Waals surface area contributed by atoms with Crippen molar-refractivity contribution < 1.29 is 0 Å². The molecule has 0 bridgehead atoms. The lowest BCUT2D eigenvalue weighted by Crippen LogP contribution is -1.85. The van der Waals surface area contributed by atoms with E-state index in [-0.39, 0.29) is 0 Å². The third kappa shape index (κ3) is 2.98. The van der Waals surface area contributed by atoms with Crippen LogP contribution in [0.15, 0.2) is 38.5 Å². The SMILES string of the molecule is CSc1ccc(-c2nnn[nH]2)cc1Sc1ncc(Cl)s1. The van der Waals surface area contributed by atoms with Crippen LogP contribution in [-0.4, -0.2) is 31.9 Å². The smallest absolute Gasteiger partial charge is 0.179 e. The van der Waals surface area contributed by atoms with Crippen LogP contribution in [0.25, 0.3) is 11.4 Å². The van der Waals surface area contributed by atoms with Crippen LogP contribution in [0.5, 0.6) is 0 Å². The highest BCUT2D eigenvalue weighted by Crippen LogP contribution is 2.39. The van der Waals surface area contributed by atoms with Gasteiger partial charge in [0, 0.05) is 15.4 Å². The minimum absolute atomic E-state index is 0.650. The van der Waals surface area contributed by atoms with E-state index in [4.69, 9.17) is 11.6 Å². The number of H-pyrrole nitrogens is 1. The molecule has 3 aromatic rings. The fraction of sp³-hybridized carbons (Fsp3) is 0.0909. The number of hydrogen-bond donors (Lipinski definition) is 1. The highest BCUT2D eigenvalue weighted by atomic mass is 35.5. The van der Waals surface area contributed by atoms with Crippen LogP contribution in [0.2, 0.25) is 4.34 Å². The molecule has 0 unspecified atom stereocenters. The first-order chi connectivity index (χ1) is 9.76. The van der Waals surface area contributed by atoms with E-state index in [1.807, 2.05) is 18.4 Å². The Balaban J connectivity index is 1.97. The van der Waals surface area contributed by atoms with E-state index >= 15 is 0 Å². The van der Waals surface area contributed by atoms with Gasteiger partial charge in [-0.05, 0) is 34.9 Å². The molecule has 0 aliphatic heterocycles. The Labute approximate surface area is 132 Å². The lowest BCUT2D eigenvalue weighted by Gasteiger charge is -2.06. The molecule has 0 radical (unpaired) electrons. The number of rotatable bonds is 4. The molecule has 2 heterocycles. The molecule has 0 amide bonds. The second-order valence-corrected chi connectivity index (χ2v) is 7.45. The van der Waals surface area contributed by atoms with E-state index in [0.29, 0.717) is 10.2 Å². The summed E-state index contributed by atoms with van der Waals surface area (Å²) >= 11 is 10.7. The summed E-state index contributed by atoms with van der Waals surface area (Å²) in [6.07, 6.45) is 3.71. The third-order valence-corrected chi connectivity index (χ3v) is 5.61. The summed E-state index contributed by atoms with van der Waals surface area (Å²) in [7, 11) is 0. The van der Waals surface area contributed by atoms with Crippen LogP contribution < -0.4 is 0 Å². The van der Waals surface area contributed by atoms with Crippen molar-refractivity contribution in [1.29, 1.82) is 0 Å². The first-order valence-corrected chi connectivity index (χ1v) is 8.71. The second-order valence-electron chi connectivity index (χ2n) is 3.65. The van der Waals surface area contributed by atoms with E-state index in [0.717, 1.165) is 14.8 Å². The number of benzene rings is 1. The number of halogens is 1. The Hall–Kier alpha value is -1.09. The number of hydrogen-bond acceptors (Lipinski definition) is 7. The van der Waals surface area contributed by atoms with Crippen LogP contribution >= 0.6 is 46.5 Å². The number of aromatic nitrogens is 5. The van der Waals surface area contributed by atoms with Gasteiger partial charge in [0.25, 0.3) is 0 Å². The highest BCUT2D eigenvalue weighted by Gasteiger charge is 2.10. The van der Waals surface area contributed by atoms with Gasteiger partial charge in [-0.2, -0.15) is 0 Å². The predicted molar refractivity (Wildman–Crippen MR) is 82.6 cm³/mol. The maximum atomic E-state index is 5.92.